The molecule has 1 aromatic carbocycles. The Labute approximate surface area is 160 Å². The molecule has 0 saturated heterocycles. The number of aromatic nitrogens is 3. The minimum Gasteiger partial charge on any atom is -0.480 e. The van der Waals surface area contributed by atoms with Gasteiger partial charge in [0.05, 0.1) is 10.0 Å². The molecule has 3 rings (SSSR count). The molecule has 26 heavy (non-hydrogen) atoms. The lowest BCUT2D eigenvalue weighted by atomic mass is 10.2. The Hall–Kier alpha value is -2.44. The van der Waals surface area contributed by atoms with Crippen LogP contribution in [0.5, 0.6) is 5.75 Å². The molecule has 0 aliphatic rings. The zero-order valence-corrected chi connectivity index (χ0v) is 15.9. The molecular formula is C18H16Cl2N4O2. The zero-order valence-electron chi connectivity index (χ0n) is 14.4. The number of carbonyl (C=O) groups is 1. The van der Waals surface area contributed by atoms with Gasteiger partial charge in [0, 0.05) is 22.5 Å². The third-order valence-corrected chi connectivity index (χ3v) is 4.15. The first-order valence-electron chi connectivity index (χ1n) is 7.84. The summed E-state index contributed by atoms with van der Waals surface area (Å²) in [5, 5.41) is 4.07. The van der Waals surface area contributed by atoms with E-state index in [9.17, 15) is 4.79 Å². The van der Waals surface area contributed by atoms with Gasteiger partial charge in [-0.2, -0.15) is 0 Å². The highest BCUT2D eigenvalue weighted by Crippen LogP contribution is 2.37. The standard InChI is InChI=1S/C18H16Cl2N4O2/c1-9-4-5-12-13(19)7-14(20)17(16(12)21-9)26-8-15(25)24-18-22-10(2)6-11(3)23-18/h4-7H,8H2,1-3H3,(H,22,23,24,25). The first-order valence-corrected chi connectivity index (χ1v) is 8.59. The Bertz CT molecular complexity index is 988. The van der Waals surface area contributed by atoms with Crippen molar-refractivity contribution in [2.45, 2.75) is 20.8 Å². The van der Waals surface area contributed by atoms with Crippen molar-refractivity contribution in [1.29, 1.82) is 0 Å². The molecule has 134 valence electrons. The molecule has 0 aliphatic carbocycles. The van der Waals surface area contributed by atoms with E-state index in [0.29, 0.717) is 21.7 Å². The lowest BCUT2D eigenvalue weighted by molar-refractivity contribution is -0.118. The van der Waals surface area contributed by atoms with Crippen LogP contribution < -0.4 is 10.1 Å². The highest BCUT2D eigenvalue weighted by Gasteiger charge is 2.15. The van der Waals surface area contributed by atoms with Crippen LogP contribution >= 0.6 is 23.2 Å². The van der Waals surface area contributed by atoms with E-state index in [0.717, 1.165) is 17.1 Å². The molecule has 6 nitrogen and oxygen atoms in total. The molecule has 0 unspecified atom stereocenters. The van der Waals surface area contributed by atoms with Crippen molar-refractivity contribution in [3.63, 3.8) is 0 Å². The predicted octanol–water partition coefficient (Wildman–Crippen LogP) is 4.27. The predicted molar refractivity (Wildman–Crippen MR) is 102 cm³/mol. The summed E-state index contributed by atoms with van der Waals surface area (Å²) in [5.74, 6) is 0.144. The Morgan fingerprint density at radius 2 is 1.69 bits per heavy atom. The van der Waals surface area contributed by atoms with Gasteiger partial charge in [-0.25, -0.2) is 15.0 Å². The Morgan fingerprint density at radius 3 is 2.38 bits per heavy atom. The number of halogens is 2. The molecule has 0 spiro atoms. The molecule has 0 radical (unpaired) electrons. The normalized spacial score (nSPS) is 10.8. The van der Waals surface area contributed by atoms with Gasteiger partial charge in [-0.3, -0.25) is 10.1 Å². The van der Waals surface area contributed by atoms with Crippen LogP contribution in [0, 0.1) is 20.8 Å². The van der Waals surface area contributed by atoms with E-state index in [2.05, 4.69) is 20.3 Å². The second kappa shape index (κ2) is 7.43. The molecule has 2 heterocycles. The average molecular weight is 391 g/mol. The van der Waals surface area contributed by atoms with E-state index < -0.39 is 5.91 Å². The summed E-state index contributed by atoms with van der Waals surface area (Å²) >= 11 is 12.5. The summed E-state index contributed by atoms with van der Waals surface area (Å²) in [6.45, 7) is 5.24. The molecule has 8 heteroatoms. The second-order valence-corrected chi connectivity index (χ2v) is 6.64. The Morgan fingerprint density at radius 1 is 1.00 bits per heavy atom. The summed E-state index contributed by atoms with van der Waals surface area (Å²) in [4.78, 5) is 24.9. The Balaban J connectivity index is 1.81. The minimum absolute atomic E-state index is 0.233. The maximum Gasteiger partial charge on any atom is 0.264 e. The number of carbonyl (C=O) groups excluding carboxylic acids is 1. The number of fused-ring (bicyclic) bond motifs is 1. The summed E-state index contributed by atoms with van der Waals surface area (Å²) < 4.78 is 5.63. The lowest BCUT2D eigenvalue weighted by Gasteiger charge is -2.12. The van der Waals surface area contributed by atoms with Crippen molar-refractivity contribution in [2.24, 2.45) is 0 Å². The molecule has 1 amide bonds. The van der Waals surface area contributed by atoms with Crippen LogP contribution in [0.4, 0.5) is 5.95 Å². The van der Waals surface area contributed by atoms with Crippen molar-refractivity contribution >= 4 is 46.0 Å². The van der Waals surface area contributed by atoms with Crippen LogP contribution in [-0.2, 0) is 4.79 Å². The number of anilines is 1. The fourth-order valence-electron chi connectivity index (χ4n) is 2.51. The first-order chi connectivity index (χ1) is 12.3. The molecule has 0 saturated carbocycles. The number of aryl methyl sites for hydroxylation is 3. The summed E-state index contributed by atoms with van der Waals surface area (Å²) in [7, 11) is 0. The molecule has 0 aliphatic heterocycles. The number of pyridine rings is 1. The molecule has 0 bridgehead atoms. The van der Waals surface area contributed by atoms with E-state index in [4.69, 9.17) is 27.9 Å². The second-order valence-electron chi connectivity index (χ2n) is 5.83. The smallest absolute Gasteiger partial charge is 0.264 e. The molecular weight excluding hydrogens is 375 g/mol. The SMILES string of the molecule is Cc1cc(C)nc(NC(=O)COc2c(Cl)cc(Cl)c3ccc(C)nc23)n1. The maximum atomic E-state index is 12.2. The molecule has 3 aromatic rings. The zero-order chi connectivity index (χ0) is 18.8. The van der Waals surface area contributed by atoms with E-state index in [1.807, 2.05) is 39.0 Å². The lowest BCUT2D eigenvalue weighted by Crippen LogP contribution is -2.22. The van der Waals surface area contributed by atoms with Gasteiger partial charge in [0.2, 0.25) is 5.95 Å². The van der Waals surface area contributed by atoms with E-state index in [-0.39, 0.29) is 17.6 Å². The third-order valence-electron chi connectivity index (χ3n) is 3.56. The number of hydrogen-bond donors (Lipinski definition) is 1. The number of nitrogens with zero attached hydrogens (tertiary/aromatic N) is 3. The van der Waals surface area contributed by atoms with Crippen LogP contribution in [-0.4, -0.2) is 27.5 Å². The van der Waals surface area contributed by atoms with Crippen molar-refractivity contribution in [2.75, 3.05) is 11.9 Å². The highest BCUT2D eigenvalue weighted by atomic mass is 35.5. The van der Waals surface area contributed by atoms with Crippen LogP contribution in [0.25, 0.3) is 10.9 Å². The van der Waals surface area contributed by atoms with Crippen LogP contribution in [0.2, 0.25) is 10.0 Å². The Kier molecular flexibility index (Phi) is 5.25. The number of ether oxygens (including phenoxy) is 1. The molecule has 1 N–H and O–H groups in total. The van der Waals surface area contributed by atoms with Crippen molar-refractivity contribution in [3.8, 4) is 5.75 Å². The first kappa shape index (κ1) is 18.4. The molecule has 2 aromatic heterocycles. The van der Waals surface area contributed by atoms with Gasteiger partial charge in [0.15, 0.2) is 12.4 Å². The number of amides is 1. The van der Waals surface area contributed by atoms with Gasteiger partial charge >= 0.3 is 0 Å². The topological polar surface area (TPSA) is 77.0 Å². The van der Waals surface area contributed by atoms with Crippen molar-refractivity contribution in [1.82, 2.24) is 15.0 Å². The maximum absolute atomic E-state index is 12.2. The largest absolute Gasteiger partial charge is 0.480 e. The van der Waals surface area contributed by atoms with Gasteiger partial charge in [0.1, 0.15) is 5.52 Å². The van der Waals surface area contributed by atoms with Crippen LogP contribution in [0.15, 0.2) is 24.3 Å². The summed E-state index contributed by atoms with van der Waals surface area (Å²) in [6, 6.07) is 7.07. The summed E-state index contributed by atoms with van der Waals surface area (Å²) in [6.07, 6.45) is 0. The van der Waals surface area contributed by atoms with E-state index in [1.54, 1.807) is 6.07 Å². The number of nitrogens with one attached hydrogen (secondary N) is 1. The fraction of sp³-hybridized carbons (Fsp3) is 0.222. The number of rotatable bonds is 4. The van der Waals surface area contributed by atoms with Crippen molar-refractivity contribution in [3.05, 3.63) is 51.4 Å². The van der Waals surface area contributed by atoms with Crippen LogP contribution in [0.3, 0.4) is 0 Å². The highest BCUT2D eigenvalue weighted by molar-refractivity contribution is 6.39. The number of benzene rings is 1. The third kappa shape index (κ3) is 4.03. The summed E-state index contributed by atoms with van der Waals surface area (Å²) in [5.41, 5.74) is 2.83. The quantitative estimate of drug-likeness (QED) is 0.719. The van der Waals surface area contributed by atoms with E-state index in [1.165, 1.54) is 0 Å². The van der Waals surface area contributed by atoms with Gasteiger partial charge in [-0.05, 0) is 45.0 Å². The molecule has 0 fully saturated rings. The van der Waals surface area contributed by atoms with Gasteiger partial charge in [-0.15, -0.1) is 0 Å². The average Bonchev–Trinajstić information content (AvgIpc) is 2.53. The van der Waals surface area contributed by atoms with Gasteiger partial charge < -0.3 is 4.74 Å². The molecule has 0 atom stereocenters. The van der Waals surface area contributed by atoms with E-state index >= 15 is 0 Å². The monoisotopic (exact) mass is 390 g/mol. The number of hydrogen-bond acceptors (Lipinski definition) is 5. The van der Waals surface area contributed by atoms with Crippen LogP contribution in [0.1, 0.15) is 17.1 Å². The van der Waals surface area contributed by atoms with Gasteiger partial charge in [0.25, 0.3) is 5.91 Å². The van der Waals surface area contributed by atoms with Gasteiger partial charge in [-0.1, -0.05) is 23.2 Å². The fourth-order valence-corrected chi connectivity index (χ4v) is 3.08. The van der Waals surface area contributed by atoms with Crippen molar-refractivity contribution < 1.29 is 9.53 Å². The minimum atomic E-state index is -0.401.